The molecule has 1 aromatic heterocycles. The van der Waals surface area contributed by atoms with Crippen LogP contribution in [0.4, 0.5) is 0 Å². The molecule has 1 N–H and O–H groups in total. The Morgan fingerprint density at radius 3 is 2.38 bits per heavy atom. The van der Waals surface area contributed by atoms with Crippen LogP contribution in [0.3, 0.4) is 0 Å². The Balaban J connectivity index is 1.91. The highest BCUT2D eigenvalue weighted by Gasteiger charge is 2.31. The zero-order valence-corrected chi connectivity index (χ0v) is 16.7. The highest BCUT2D eigenvalue weighted by atomic mass is 32.2. The lowest BCUT2D eigenvalue weighted by Gasteiger charge is -2.23. The van der Waals surface area contributed by atoms with E-state index in [1.807, 2.05) is 51.1 Å². The van der Waals surface area contributed by atoms with E-state index in [1.54, 1.807) is 10.9 Å². The smallest absolute Gasteiger partial charge is 0.244 e. The molecule has 0 amide bonds. The fraction of sp³-hybridized carbons (Fsp3) is 0.550. The largest absolute Gasteiger partial charge is 0.267 e. The van der Waals surface area contributed by atoms with Crippen LogP contribution in [0.2, 0.25) is 0 Å². The predicted octanol–water partition coefficient (Wildman–Crippen LogP) is 3.84. The summed E-state index contributed by atoms with van der Waals surface area (Å²) in [6.07, 6.45) is 6.89. The molecular weight excluding hydrogens is 346 g/mol. The molecule has 1 aliphatic carbocycles. The number of benzene rings is 1. The van der Waals surface area contributed by atoms with E-state index >= 15 is 0 Å². The standard InChI is InChI=1S/C20H29N3O2S/c1-20(2,3)19-18(26(24,25)22-17-12-8-5-9-13-17)15-23(21-19)14-16-10-6-4-7-11-16/h4,6-7,10-11,15,17,22H,5,8-9,12-14H2,1-3H3. The minimum Gasteiger partial charge on any atom is -0.267 e. The summed E-state index contributed by atoms with van der Waals surface area (Å²) in [6, 6.07) is 10.0. The summed E-state index contributed by atoms with van der Waals surface area (Å²) in [7, 11) is -3.58. The fourth-order valence-electron chi connectivity index (χ4n) is 3.47. The molecule has 0 radical (unpaired) electrons. The van der Waals surface area contributed by atoms with Crippen molar-refractivity contribution < 1.29 is 8.42 Å². The summed E-state index contributed by atoms with van der Waals surface area (Å²) in [5.74, 6) is 0. The second-order valence-corrected chi connectivity index (χ2v) is 9.91. The Labute approximate surface area is 156 Å². The molecule has 2 aromatic rings. The number of aromatic nitrogens is 2. The lowest BCUT2D eigenvalue weighted by molar-refractivity contribution is 0.411. The Kier molecular flexibility index (Phi) is 5.53. The van der Waals surface area contributed by atoms with Crippen LogP contribution >= 0.6 is 0 Å². The van der Waals surface area contributed by atoms with E-state index in [1.165, 1.54) is 6.42 Å². The lowest BCUT2D eigenvalue weighted by Crippen LogP contribution is -2.37. The third-order valence-electron chi connectivity index (χ3n) is 4.84. The van der Waals surface area contributed by atoms with Gasteiger partial charge in [-0.15, -0.1) is 0 Å². The molecule has 5 nitrogen and oxygen atoms in total. The summed E-state index contributed by atoms with van der Waals surface area (Å²) >= 11 is 0. The van der Waals surface area contributed by atoms with Crippen LogP contribution < -0.4 is 4.72 Å². The van der Waals surface area contributed by atoms with Crippen molar-refractivity contribution in [3.8, 4) is 0 Å². The van der Waals surface area contributed by atoms with Crippen LogP contribution in [-0.2, 0) is 22.0 Å². The molecule has 0 aliphatic heterocycles. The van der Waals surface area contributed by atoms with Gasteiger partial charge >= 0.3 is 0 Å². The number of nitrogens with one attached hydrogen (secondary N) is 1. The topological polar surface area (TPSA) is 64.0 Å². The Morgan fingerprint density at radius 2 is 1.77 bits per heavy atom. The molecule has 1 fully saturated rings. The van der Waals surface area contributed by atoms with E-state index in [0.29, 0.717) is 17.1 Å². The van der Waals surface area contributed by atoms with Gasteiger partial charge in [-0.05, 0) is 18.4 Å². The zero-order valence-electron chi connectivity index (χ0n) is 15.9. The van der Waals surface area contributed by atoms with Crippen molar-refractivity contribution >= 4 is 10.0 Å². The number of nitrogens with zero attached hydrogens (tertiary/aromatic N) is 2. The van der Waals surface area contributed by atoms with E-state index < -0.39 is 10.0 Å². The van der Waals surface area contributed by atoms with Gasteiger partial charge in [0.05, 0.1) is 12.2 Å². The van der Waals surface area contributed by atoms with Crippen LogP contribution in [-0.4, -0.2) is 24.2 Å². The minimum absolute atomic E-state index is 0.0408. The number of hydrogen-bond acceptors (Lipinski definition) is 3. The van der Waals surface area contributed by atoms with Crippen LogP contribution in [0.1, 0.15) is 64.1 Å². The van der Waals surface area contributed by atoms with Crippen molar-refractivity contribution in [2.24, 2.45) is 0 Å². The molecule has 0 unspecified atom stereocenters. The zero-order chi connectivity index (χ0) is 18.8. The van der Waals surface area contributed by atoms with Gasteiger partial charge in [0.1, 0.15) is 4.90 Å². The van der Waals surface area contributed by atoms with Gasteiger partial charge in [0.15, 0.2) is 0 Å². The van der Waals surface area contributed by atoms with Crippen LogP contribution in [0.15, 0.2) is 41.4 Å². The summed E-state index contributed by atoms with van der Waals surface area (Å²) in [5, 5.41) is 4.63. The maximum Gasteiger partial charge on any atom is 0.244 e. The predicted molar refractivity (Wildman–Crippen MR) is 104 cm³/mol. The van der Waals surface area contributed by atoms with E-state index in [0.717, 1.165) is 31.2 Å². The second-order valence-electron chi connectivity index (χ2n) is 8.23. The number of rotatable bonds is 5. The molecule has 1 saturated carbocycles. The molecule has 0 bridgehead atoms. The molecule has 142 valence electrons. The molecule has 0 atom stereocenters. The normalized spacial score (nSPS) is 16.7. The first-order chi connectivity index (χ1) is 12.3. The number of hydrogen-bond donors (Lipinski definition) is 1. The summed E-state index contributed by atoms with van der Waals surface area (Å²) in [6.45, 7) is 6.56. The minimum atomic E-state index is -3.58. The Bertz CT molecular complexity index is 830. The summed E-state index contributed by atoms with van der Waals surface area (Å²) < 4.78 is 30.8. The lowest BCUT2D eigenvalue weighted by atomic mass is 9.92. The molecule has 1 aromatic carbocycles. The maximum atomic E-state index is 13.1. The average molecular weight is 376 g/mol. The van der Waals surface area contributed by atoms with Gasteiger partial charge in [-0.1, -0.05) is 70.4 Å². The first kappa shape index (κ1) is 19.1. The number of sulfonamides is 1. The van der Waals surface area contributed by atoms with Crippen molar-refractivity contribution in [1.82, 2.24) is 14.5 Å². The van der Waals surface area contributed by atoms with E-state index in [4.69, 9.17) is 0 Å². The Hall–Kier alpha value is -1.66. The highest BCUT2D eigenvalue weighted by Crippen LogP contribution is 2.29. The van der Waals surface area contributed by atoms with Gasteiger partial charge in [0.2, 0.25) is 10.0 Å². The molecule has 6 heteroatoms. The van der Waals surface area contributed by atoms with Crippen LogP contribution in [0.5, 0.6) is 0 Å². The molecule has 0 saturated heterocycles. The van der Waals surface area contributed by atoms with Gasteiger partial charge in [-0.3, -0.25) is 4.68 Å². The molecule has 3 rings (SSSR count). The molecule has 1 heterocycles. The Morgan fingerprint density at radius 1 is 1.12 bits per heavy atom. The van der Waals surface area contributed by atoms with Crippen LogP contribution in [0, 0.1) is 0 Å². The van der Waals surface area contributed by atoms with E-state index in [9.17, 15) is 8.42 Å². The highest BCUT2D eigenvalue weighted by molar-refractivity contribution is 7.89. The summed E-state index contributed by atoms with van der Waals surface area (Å²) in [5.41, 5.74) is 1.37. The van der Waals surface area contributed by atoms with Gasteiger partial charge < -0.3 is 0 Å². The fourth-order valence-corrected chi connectivity index (χ4v) is 5.14. The third kappa shape index (κ3) is 4.54. The SMILES string of the molecule is CC(C)(C)c1nn(Cc2ccccc2)cc1S(=O)(=O)NC1CCCCC1. The molecule has 0 spiro atoms. The monoisotopic (exact) mass is 375 g/mol. The molecular formula is C20H29N3O2S. The quantitative estimate of drug-likeness (QED) is 0.863. The molecule has 26 heavy (non-hydrogen) atoms. The van der Waals surface area contributed by atoms with Crippen molar-refractivity contribution in [3.05, 3.63) is 47.8 Å². The average Bonchev–Trinajstić information content (AvgIpc) is 3.01. The van der Waals surface area contributed by atoms with Crippen molar-refractivity contribution in [2.75, 3.05) is 0 Å². The summed E-state index contributed by atoms with van der Waals surface area (Å²) in [4.78, 5) is 0.312. The van der Waals surface area contributed by atoms with E-state index in [-0.39, 0.29) is 11.5 Å². The molecule has 1 aliphatic rings. The van der Waals surface area contributed by atoms with Gasteiger partial charge in [-0.25, -0.2) is 13.1 Å². The first-order valence-corrected chi connectivity index (χ1v) is 10.9. The van der Waals surface area contributed by atoms with Gasteiger partial charge in [-0.2, -0.15) is 5.10 Å². The first-order valence-electron chi connectivity index (χ1n) is 9.40. The maximum absolute atomic E-state index is 13.1. The van der Waals surface area contributed by atoms with Crippen LogP contribution in [0.25, 0.3) is 0 Å². The van der Waals surface area contributed by atoms with Crippen molar-refractivity contribution in [3.63, 3.8) is 0 Å². The van der Waals surface area contributed by atoms with Gasteiger partial charge in [0.25, 0.3) is 0 Å². The third-order valence-corrected chi connectivity index (χ3v) is 6.36. The van der Waals surface area contributed by atoms with Crippen molar-refractivity contribution in [1.29, 1.82) is 0 Å². The van der Waals surface area contributed by atoms with E-state index in [2.05, 4.69) is 9.82 Å². The van der Waals surface area contributed by atoms with Crippen molar-refractivity contribution in [2.45, 2.75) is 75.8 Å². The van der Waals surface area contributed by atoms with Gasteiger partial charge in [0, 0.05) is 17.7 Å². The second kappa shape index (κ2) is 7.53.